The van der Waals surface area contributed by atoms with Crippen molar-refractivity contribution in [3.63, 3.8) is 0 Å². The fourth-order valence-corrected chi connectivity index (χ4v) is 2.33. The van der Waals surface area contributed by atoms with Crippen LogP contribution in [0.5, 0.6) is 0 Å². The lowest BCUT2D eigenvalue weighted by molar-refractivity contribution is 0.260. The molecule has 0 aliphatic carbocycles. The highest BCUT2D eigenvalue weighted by molar-refractivity contribution is 5.34. The number of rotatable bonds is 5. The molecule has 1 aliphatic heterocycles. The number of nitrogens with one attached hydrogen (secondary N) is 2. The number of piperidine rings is 1. The number of nitrogens with zero attached hydrogens (tertiary/aromatic N) is 3. The van der Waals surface area contributed by atoms with E-state index in [-0.39, 0.29) is 0 Å². The first-order valence-electron chi connectivity index (χ1n) is 6.69. The molecular weight excluding hydrogens is 226 g/mol. The summed E-state index contributed by atoms with van der Waals surface area (Å²) in [5.41, 5.74) is 0. The van der Waals surface area contributed by atoms with Crippen molar-refractivity contribution in [1.82, 2.24) is 20.2 Å². The molecule has 0 bridgehead atoms. The average Bonchev–Trinajstić information content (AvgIpc) is 2.37. The Balaban J connectivity index is 1.91. The number of hydrogen-bond acceptors (Lipinski definition) is 5. The van der Waals surface area contributed by atoms with E-state index in [4.69, 9.17) is 0 Å². The second-order valence-corrected chi connectivity index (χ2v) is 4.96. The molecule has 2 heterocycles. The summed E-state index contributed by atoms with van der Waals surface area (Å²) in [7, 11) is 4.12. The third kappa shape index (κ3) is 3.92. The van der Waals surface area contributed by atoms with Gasteiger partial charge < -0.3 is 15.5 Å². The van der Waals surface area contributed by atoms with E-state index in [1.807, 2.05) is 19.3 Å². The molecule has 2 N–H and O–H groups in total. The molecule has 1 unspecified atom stereocenters. The minimum atomic E-state index is 0.510. The number of aromatic nitrogens is 2. The molecule has 1 fully saturated rings. The first-order valence-corrected chi connectivity index (χ1v) is 6.69. The van der Waals surface area contributed by atoms with E-state index in [1.165, 1.54) is 19.4 Å². The van der Waals surface area contributed by atoms with Crippen LogP contribution in [0.15, 0.2) is 12.3 Å². The van der Waals surface area contributed by atoms with Crippen LogP contribution < -0.4 is 10.6 Å². The van der Waals surface area contributed by atoms with Crippen LogP contribution in [0.25, 0.3) is 0 Å². The van der Waals surface area contributed by atoms with Gasteiger partial charge in [-0.15, -0.1) is 0 Å². The van der Waals surface area contributed by atoms with E-state index in [1.54, 1.807) is 0 Å². The Morgan fingerprint density at radius 3 is 3.17 bits per heavy atom. The molecule has 1 aromatic rings. The lowest BCUT2D eigenvalue weighted by atomic mass is 10.1. The summed E-state index contributed by atoms with van der Waals surface area (Å²) in [6, 6.07) is 2.47. The molecule has 1 aliphatic rings. The van der Waals surface area contributed by atoms with Gasteiger partial charge in [-0.1, -0.05) is 0 Å². The van der Waals surface area contributed by atoms with E-state index < -0.39 is 0 Å². The minimum Gasteiger partial charge on any atom is -0.366 e. The number of likely N-dealkylation sites (N-methyl/N-ethyl adjacent to an activating group) is 2. The number of anilines is 1. The van der Waals surface area contributed by atoms with Crippen LogP contribution in [-0.4, -0.2) is 54.6 Å². The fraction of sp³-hybridized carbons (Fsp3) is 0.692. The van der Waals surface area contributed by atoms with Crippen molar-refractivity contribution in [3.05, 3.63) is 18.1 Å². The molecular formula is C13H23N5. The zero-order valence-electron chi connectivity index (χ0n) is 11.3. The summed E-state index contributed by atoms with van der Waals surface area (Å²) in [6.07, 6.45) is 5.19. The average molecular weight is 249 g/mol. The topological polar surface area (TPSA) is 53.1 Å². The van der Waals surface area contributed by atoms with Crippen molar-refractivity contribution in [3.8, 4) is 0 Å². The van der Waals surface area contributed by atoms with Crippen molar-refractivity contribution >= 4 is 5.82 Å². The lowest BCUT2D eigenvalue weighted by Crippen LogP contribution is -2.39. The molecule has 0 saturated carbocycles. The maximum absolute atomic E-state index is 4.55. The van der Waals surface area contributed by atoms with Crippen molar-refractivity contribution in [1.29, 1.82) is 0 Å². The number of hydrogen-bond donors (Lipinski definition) is 2. The molecule has 2 rings (SSSR count). The van der Waals surface area contributed by atoms with Gasteiger partial charge in [0.05, 0.1) is 0 Å². The Kier molecular flexibility index (Phi) is 4.90. The van der Waals surface area contributed by atoms with Crippen LogP contribution in [0.4, 0.5) is 5.82 Å². The highest BCUT2D eigenvalue weighted by atomic mass is 15.2. The van der Waals surface area contributed by atoms with Crippen LogP contribution in [0, 0.1) is 0 Å². The molecule has 5 nitrogen and oxygen atoms in total. The Morgan fingerprint density at radius 1 is 1.50 bits per heavy atom. The molecule has 18 heavy (non-hydrogen) atoms. The van der Waals surface area contributed by atoms with E-state index in [0.29, 0.717) is 6.04 Å². The quantitative estimate of drug-likeness (QED) is 0.806. The summed E-state index contributed by atoms with van der Waals surface area (Å²) in [6.45, 7) is 3.21. The maximum atomic E-state index is 4.55. The van der Waals surface area contributed by atoms with Crippen molar-refractivity contribution in [2.24, 2.45) is 0 Å². The van der Waals surface area contributed by atoms with Crippen molar-refractivity contribution in [2.45, 2.75) is 25.3 Å². The Labute approximate surface area is 109 Å². The minimum absolute atomic E-state index is 0.510. The van der Waals surface area contributed by atoms with Gasteiger partial charge >= 0.3 is 0 Å². The Hall–Kier alpha value is -1.20. The van der Waals surface area contributed by atoms with Crippen LogP contribution in [0.2, 0.25) is 0 Å². The maximum Gasteiger partial charge on any atom is 0.131 e. The molecule has 1 atom stereocenters. The summed E-state index contributed by atoms with van der Waals surface area (Å²) in [5, 5.41) is 6.63. The van der Waals surface area contributed by atoms with E-state index >= 15 is 0 Å². The number of likely N-dealkylation sites (tertiary alicyclic amines) is 1. The predicted octanol–water partition coefficient (Wildman–Crippen LogP) is 0.745. The van der Waals surface area contributed by atoms with Crippen LogP contribution >= 0.6 is 0 Å². The van der Waals surface area contributed by atoms with Crippen LogP contribution in [0.3, 0.4) is 0 Å². The standard InChI is InChI=1S/C13H23N5/c1-14-7-5-12-15-8-6-13(17-12)16-11-4-3-9-18(2)10-11/h6,8,11,14H,3-5,7,9-10H2,1-2H3,(H,15,16,17). The SMILES string of the molecule is CNCCc1nccc(NC2CCCN(C)C2)n1. The Bertz CT molecular complexity index is 368. The second kappa shape index (κ2) is 6.66. The highest BCUT2D eigenvalue weighted by Gasteiger charge is 2.17. The fourth-order valence-electron chi connectivity index (χ4n) is 2.33. The van der Waals surface area contributed by atoms with E-state index in [2.05, 4.69) is 32.5 Å². The summed E-state index contributed by atoms with van der Waals surface area (Å²) in [4.78, 5) is 11.2. The molecule has 1 saturated heterocycles. The second-order valence-electron chi connectivity index (χ2n) is 4.96. The van der Waals surface area contributed by atoms with Gasteiger partial charge in [0.2, 0.25) is 0 Å². The van der Waals surface area contributed by atoms with Gasteiger partial charge in [-0.05, 0) is 39.5 Å². The van der Waals surface area contributed by atoms with Crippen LogP contribution in [0.1, 0.15) is 18.7 Å². The zero-order chi connectivity index (χ0) is 12.8. The molecule has 5 heteroatoms. The molecule has 0 amide bonds. The Morgan fingerprint density at radius 2 is 2.39 bits per heavy atom. The summed E-state index contributed by atoms with van der Waals surface area (Å²) in [5.74, 6) is 1.86. The third-order valence-corrected chi connectivity index (χ3v) is 3.28. The molecule has 100 valence electrons. The molecule has 0 spiro atoms. The van der Waals surface area contributed by atoms with Gasteiger partial charge in [-0.2, -0.15) is 0 Å². The molecule has 1 aromatic heterocycles. The smallest absolute Gasteiger partial charge is 0.131 e. The van der Waals surface area contributed by atoms with E-state index in [9.17, 15) is 0 Å². The largest absolute Gasteiger partial charge is 0.366 e. The highest BCUT2D eigenvalue weighted by Crippen LogP contribution is 2.13. The summed E-state index contributed by atoms with van der Waals surface area (Å²) < 4.78 is 0. The first-order chi connectivity index (χ1) is 8.78. The first kappa shape index (κ1) is 13.2. The van der Waals surface area contributed by atoms with Crippen molar-refractivity contribution < 1.29 is 0 Å². The summed E-state index contributed by atoms with van der Waals surface area (Å²) >= 11 is 0. The van der Waals surface area contributed by atoms with Gasteiger partial charge in [-0.3, -0.25) is 0 Å². The van der Waals surface area contributed by atoms with Gasteiger partial charge in [0.25, 0.3) is 0 Å². The molecule has 0 radical (unpaired) electrons. The van der Waals surface area contributed by atoms with E-state index in [0.717, 1.165) is 31.2 Å². The molecule has 0 aromatic carbocycles. The predicted molar refractivity (Wildman–Crippen MR) is 73.8 cm³/mol. The zero-order valence-corrected chi connectivity index (χ0v) is 11.3. The van der Waals surface area contributed by atoms with Gasteiger partial charge in [0.15, 0.2) is 0 Å². The normalized spacial score (nSPS) is 20.9. The van der Waals surface area contributed by atoms with Crippen LogP contribution in [-0.2, 0) is 6.42 Å². The van der Waals surface area contributed by atoms with Gasteiger partial charge in [-0.25, -0.2) is 9.97 Å². The van der Waals surface area contributed by atoms with Gasteiger partial charge in [0.1, 0.15) is 11.6 Å². The monoisotopic (exact) mass is 249 g/mol. The third-order valence-electron chi connectivity index (χ3n) is 3.28. The van der Waals surface area contributed by atoms with Gasteiger partial charge in [0, 0.05) is 31.7 Å². The lowest BCUT2D eigenvalue weighted by Gasteiger charge is -2.30. The van der Waals surface area contributed by atoms with Crippen molar-refractivity contribution in [2.75, 3.05) is 39.0 Å².